The molecule has 2 aliphatic heterocycles. The first-order valence-corrected chi connectivity index (χ1v) is 11.6. The number of fused-ring (bicyclic) bond motifs is 2. The normalized spacial score (nSPS) is 22.0. The van der Waals surface area contributed by atoms with E-state index in [1.807, 2.05) is 84.9 Å². The summed E-state index contributed by atoms with van der Waals surface area (Å²) < 4.78 is 0. The van der Waals surface area contributed by atoms with Crippen LogP contribution in [-0.2, 0) is 20.8 Å². The van der Waals surface area contributed by atoms with Crippen molar-refractivity contribution in [1.29, 1.82) is 0 Å². The summed E-state index contributed by atoms with van der Waals surface area (Å²) in [6.45, 7) is 2.11. The van der Waals surface area contributed by atoms with Crippen LogP contribution in [0.4, 0.5) is 11.4 Å². The van der Waals surface area contributed by atoms with Crippen LogP contribution in [-0.4, -0.2) is 17.9 Å². The highest BCUT2D eigenvalue weighted by atomic mass is 16.7. The number of aryl methyl sites for hydroxylation is 1. The van der Waals surface area contributed by atoms with Gasteiger partial charge in [0, 0.05) is 5.39 Å². The number of anilines is 2. The number of rotatable bonds is 4. The highest BCUT2D eigenvalue weighted by Crippen LogP contribution is 2.48. The van der Waals surface area contributed by atoms with E-state index in [1.165, 1.54) is 10.5 Å². The van der Waals surface area contributed by atoms with Crippen molar-refractivity contribution in [3.63, 3.8) is 0 Å². The highest BCUT2D eigenvalue weighted by Gasteiger charge is 2.60. The molecule has 0 saturated carbocycles. The second kappa shape index (κ2) is 8.12. The van der Waals surface area contributed by atoms with E-state index in [2.05, 4.69) is 19.1 Å². The van der Waals surface area contributed by atoms with E-state index in [4.69, 9.17) is 4.84 Å². The van der Waals surface area contributed by atoms with Gasteiger partial charge in [-0.25, -0.2) is 9.96 Å². The first-order valence-electron chi connectivity index (χ1n) is 11.6. The van der Waals surface area contributed by atoms with Gasteiger partial charge in [-0.1, -0.05) is 85.8 Å². The molecular formula is C29H24N2O3. The Balaban J connectivity index is 1.45. The fourth-order valence-electron chi connectivity index (χ4n) is 5.14. The Labute approximate surface area is 198 Å². The van der Waals surface area contributed by atoms with Crippen LogP contribution >= 0.6 is 0 Å². The fraction of sp³-hybridized carbons (Fsp3) is 0.172. The van der Waals surface area contributed by atoms with E-state index in [1.54, 1.807) is 5.06 Å². The van der Waals surface area contributed by atoms with Gasteiger partial charge in [-0.3, -0.25) is 14.4 Å². The van der Waals surface area contributed by atoms with Gasteiger partial charge in [0.1, 0.15) is 5.92 Å². The summed E-state index contributed by atoms with van der Waals surface area (Å²) in [6.07, 6.45) is 0.0601. The van der Waals surface area contributed by atoms with Crippen LogP contribution in [0.2, 0.25) is 0 Å². The van der Waals surface area contributed by atoms with Crippen LogP contribution in [0.1, 0.15) is 24.1 Å². The van der Waals surface area contributed by atoms with E-state index in [-0.39, 0.29) is 11.8 Å². The third-order valence-corrected chi connectivity index (χ3v) is 6.86. The Kier molecular flexibility index (Phi) is 4.93. The second-order valence-electron chi connectivity index (χ2n) is 8.76. The molecule has 2 heterocycles. The van der Waals surface area contributed by atoms with Gasteiger partial charge in [-0.2, -0.15) is 0 Å². The number of nitrogens with zero attached hydrogens (tertiary/aromatic N) is 2. The quantitative estimate of drug-likeness (QED) is 0.390. The minimum absolute atomic E-state index is 0.227. The van der Waals surface area contributed by atoms with Crippen molar-refractivity contribution in [3.05, 3.63) is 108 Å². The Morgan fingerprint density at radius 3 is 2.24 bits per heavy atom. The predicted molar refractivity (Wildman–Crippen MR) is 132 cm³/mol. The Bertz CT molecular complexity index is 1380. The number of carbonyl (C=O) groups is 2. The minimum Gasteiger partial charge on any atom is -0.273 e. The smallest absolute Gasteiger partial charge is 0.266 e. The molecular weight excluding hydrogens is 424 g/mol. The number of benzene rings is 4. The molecule has 2 aliphatic rings. The zero-order valence-corrected chi connectivity index (χ0v) is 18.8. The summed E-state index contributed by atoms with van der Waals surface area (Å²) in [7, 11) is 0. The van der Waals surface area contributed by atoms with Crippen molar-refractivity contribution in [2.75, 3.05) is 9.96 Å². The molecule has 6 rings (SSSR count). The molecule has 2 fully saturated rings. The maximum atomic E-state index is 13.9. The van der Waals surface area contributed by atoms with Crippen LogP contribution < -0.4 is 9.96 Å². The maximum absolute atomic E-state index is 13.9. The third-order valence-electron chi connectivity index (χ3n) is 6.86. The first-order chi connectivity index (χ1) is 16.7. The van der Waals surface area contributed by atoms with Gasteiger partial charge in [0.25, 0.3) is 5.91 Å². The van der Waals surface area contributed by atoms with Crippen LogP contribution in [0.5, 0.6) is 0 Å². The van der Waals surface area contributed by atoms with E-state index in [9.17, 15) is 9.59 Å². The largest absolute Gasteiger partial charge is 0.273 e. The number of hydrogen-bond donors (Lipinski definition) is 0. The Hall–Kier alpha value is -3.96. The minimum atomic E-state index is -0.873. The van der Waals surface area contributed by atoms with Crippen LogP contribution in [0.3, 0.4) is 0 Å². The Morgan fingerprint density at radius 1 is 0.765 bits per heavy atom. The maximum Gasteiger partial charge on any atom is 0.266 e. The van der Waals surface area contributed by atoms with Crippen molar-refractivity contribution < 1.29 is 14.4 Å². The lowest BCUT2D eigenvalue weighted by molar-refractivity contribution is -0.126. The molecule has 4 aromatic carbocycles. The molecule has 4 aromatic rings. The zero-order chi connectivity index (χ0) is 23.2. The summed E-state index contributed by atoms with van der Waals surface area (Å²) in [6, 6.07) is 31.0. The molecule has 0 unspecified atom stereocenters. The molecule has 0 aliphatic carbocycles. The van der Waals surface area contributed by atoms with Crippen molar-refractivity contribution in [2.45, 2.75) is 25.5 Å². The number of imide groups is 1. The summed E-state index contributed by atoms with van der Waals surface area (Å²) in [5, 5.41) is 3.60. The number of amides is 2. The highest BCUT2D eigenvalue weighted by molar-refractivity contribution is 6.26. The molecule has 34 heavy (non-hydrogen) atoms. The van der Waals surface area contributed by atoms with Gasteiger partial charge in [0.2, 0.25) is 5.91 Å². The molecule has 5 heteroatoms. The van der Waals surface area contributed by atoms with E-state index < -0.39 is 18.1 Å². The summed E-state index contributed by atoms with van der Waals surface area (Å²) in [4.78, 5) is 35.2. The molecule has 0 radical (unpaired) electrons. The lowest BCUT2D eigenvalue weighted by Crippen LogP contribution is -2.37. The fourth-order valence-corrected chi connectivity index (χ4v) is 5.14. The molecule has 0 N–H and O–H groups in total. The van der Waals surface area contributed by atoms with Crippen molar-refractivity contribution in [3.8, 4) is 0 Å². The summed E-state index contributed by atoms with van der Waals surface area (Å²) in [5.41, 5.74) is 3.60. The molecule has 2 saturated heterocycles. The van der Waals surface area contributed by atoms with E-state index in [0.717, 1.165) is 28.4 Å². The first kappa shape index (κ1) is 20.6. The van der Waals surface area contributed by atoms with Crippen molar-refractivity contribution in [2.24, 2.45) is 5.92 Å². The SMILES string of the molecule is CCc1ccc([C@@H]2[C@H]3C(=O)N(c4cccc5ccccc45)C(=O)[C@@H]3ON2c2ccccc2)cc1. The molecule has 3 atom stereocenters. The monoisotopic (exact) mass is 448 g/mol. The number of hydroxylamine groups is 1. The van der Waals surface area contributed by atoms with Gasteiger partial charge < -0.3 is 0 Å². The molecule has 0 aromatic heterocycles. The van der Waals surface area contributed by atoms with Crippen LogP contribution in [0.15, 0.2) is 97.1 Å². The standard InChI is InChI=1S/C29H24N2O3/c1-2-19-15-17-21(18-16-19)26-25-27(34-31(26)22-11-4-3-5-12-22)29(33)30(28(25)32)24-14-8-10-20-9-6-7-13-23(20)24/h3-18,25-27H,2H2,1H3/t25-,26-,27-/m1/s1. The van der Waals surface area contributed by atoms with Crippen LogP contribution in [0, 0.1) is 5.92 Å². The molecule has 0 bridgehead atoms. The second-order valence-corrected chi connectivity index (χ2v) is 8.76. The molecule has 2 amide bonds. The molecule has 5 nitrogen and oxygen atoms in total. The molecule has 0 spiro atoms. The Morgan fingerprint density at radius 2 is 1.47 bits per heavy atom. The van der Waals surface area contributed by atoms with Gasteiger partial charge in [0.15, 0.2) is 6.10 Å². The van der Waals surface area contributed by atoms with Gasteiger partial charge in [0.05, 0.1) is 17.4 Å². The van der Waals surface area contributed by atoms with Crippen molar-refractivity contribution in [1.82, 2.24) is 0 Å². The zero-order valence-electron chi connectivity index (χ0n) is 18.8. The molecule has 168 valence electrons. The lowest BCUT2D eigenvalue weighted by Gasteiger charge is -2.29. The van der Waals surface area contributed by atoms with Gasteiger partial charge in [-0.15, -0.1) is 0 Å². The number of carbonyl (C=O) groups excluding carboxylic acids is 2. The average molecular weight is 449 g/mol. The average Bonchev–Trinajstić information content (AvgIpc) is 3.40. The third kappa shape index (κ3) is 3.12. The van der Waals surface area contributed by atoms with Crippen molar-refractivity contribution >= 4 is 34.0 Å². The topological polar surface area (TPSA) is 49.9 Å². The number of hydrogen-bond acceptors (Lipinski definition) is 4. The number of para-hydroxylation sites is 1. The lowest BCUT2D eigenvalue weighted by atomic mass is 9.90. The summed E-state index contributed by atoms with van der Waals surface area (Å²) >= 11 is 0. The van der Waals surface area contributed by atoms with Gasteiger partial charge in [-0.05, 0) is 41.1 Å². The summed E-state index contributed by atoms with van der Waals surface area (Å²) in [5.74, 6) is -1.19. The van der Waals surface area contributed by atoms with Crippen LogP contribution in [0.25, 0.3) is 10.8 Å². The van der Waals surface area contributed by atoms with E-state index >= 15 is 0 Å². The predicted octanol–water partition coefficient (Wildman–Crippen LogP) is 5.45. The van der Waals surface area contributed by atoms with Gasteiger partial charge >= 0.3 is 0 Å². The van der Waals surface area contributed by atoms with E-state index in [0.29, 0.717) is 5.69 Å².